The molecular formula is C5H10F4N2. The van der Waals surface area contributed by atoms with Crippen LogP contribution in [0.25, 0.3) is 0 Å². The number of hydrogen-bond acceptors (Lipinski definition) is 2. The maximum Gasteiger partial charge on any atom is 0.0988 e. The quantitative estimate of drug-likeness (QED) is 0.478. The lowest BCUT2D eigenvalue weighted by atomic mass is 9.98. The average molecular weight is 174 g/mol. The SMILES string of the molecule is CC(N(F)F)C(C)(C)N(F)F. The molecule has 0 aliphatic heterocycles. The van der Waals surface area contributed by atoms with E-state index in [1.54, 1.807) is 0 Å². The second-order valence-corrected chi connectivity index (χ2v) is 2.82. The first-order valence-electron chi connectivity index (χ1n) is 3.02. The Morgan fingerprint density at radius 1 is 1.09 bits per heavy atom. The minimum Gasteiger partial charge on any atom is -0.101 e. The second kappa shape index (κ2) is 3.36. The Bertz CT molecular complexity index is 126. The van der Waals surface area contributed by atoms with Crippen LogP contribution in [0.2, 0.25) is 0 Å². The van der Waals surface area contributed by atoms with Crippen molar-refractivity contribution >= 4 is 0 Å². The Hall–Kier alpha value is -0.360. The van der Waals surface area contributed by atoms with Gasteiger partial charge in [-0.15, -0.1) is 17.9 Å². The first-order chi connectivity index (χ1) is 4.80. The summed E-state index contributed by atoms with van der Waals surface area (Å²) in [5.74, 6) is 0. The zero-order chi connectivity index (χ0) is 9.23. The van der Waals surface area contributed by atoms with E-state index in [0.29, 0.717) is 0 Å². The van der Waals surface area contributed by atoms with E-state index in [-0.39, 0.29) is 0 Å². The summed E-state index contributed by atoms with van der Waals surface area (Å²) < 4.78 is 47.3. The third kappa shape index (κ3) is 2.30. The van der Waals surface area contributed by atoms with Crippen LogP contribution in [0.15, 0.2) is 0 Å². The normalized spacial score (nSPS) is 16.1. The van der Waals surface area contributed by atoms with Crippen LogP contribution in [0.1, 0.15) is 20.8 Å². The van der Waals surface area contributed by atoms with Gasteiger partial charge in [0.15, 0.2) is 0 Å². The van der Waals surface area contributed by atoms with Crippen molar-refractivity contribution in [2.75, 3.05) is 0 Å². The largest absolute Gasteiger partial charge is 0.101 e. The van der Waals surface area contributed by atoms with Crippen LogP contribution < -0.4 is 0 Å². The molecule has 1 unspecified atom stereocenters. The van der Waals surface area contributed by atoms with Crippen molar-refractivity contribution in [2.24, 2.45) is 0 Å². The van der Waals surface area contributed by atoms with Gasteiger partial charge in [-0.1, -0.05) is 0 Å². The van der Waals surface area contributed by atoms with Gasteiger partial charge in [0.25, 0.3) is 0 Å². The van der Waals surface area contributed by atoms with Crippen LogP contribution in [0.4, 0.5) is 17.9 Å². The van der Waals surface area contributed by atoms with Crippen molar-refractivity contribution in [1.82, 2.24) is 10.7 Å². The van der Waals surface area contributed by atoms with Crippen molar-refractivity contribution in [1.29, 1.82) is 0 Å². The van der Waals surface area contributed by atoms with Crippen molar-refractivity contribution in [2.45, 2.75) is 32.4 Å². The zero-order valence-electron chi connectivity index (χ0n) is 6.48. The molecule has 0 rings (SSSR count). The lowest BCUT2D eigenvalue weighted by Gasteiger charge is -2.30. The molecule has 0 spiro atoms. The Morgan fingerprint density at radius 2 is 1.45 bits per heavy atom. The van der Waals surface area contributed by atoms with E-state index < -0.39 is 22.3 Å². The third-order valence-electron chi connectivity index (χ3n) is 1.75. The van der Waals surface area contributed by atoms with Crippen LogP contribution in [0.3, 0.4) is 0 Å². The maximum absolute atomic E-state index is 11.9. The van der Waals surface area contributed by atoms with Crippen LogP contribution in [0.5, 0.6) is 0 Å². The van der Waals surface area contributed by atoms with Crippen molar-refractivity contribution in [3.05, 3.63) is 0 Å². The van der Waals surface area contributed by atoms with Gasteiger partial charge in [0.05, 0.1) is 11.6 Å². The number of halogens is 4. The summed E-state index contributed by atoms with van der Waals surface area (Å²) in [6, 6.07) is -1.52. The van der Waals surface area contributed by atoms with Gasteiger partial charge in [0.2, 0.25) is 0 Å². The predicted molar refractivity (Wildman–Crippen MR) is 31.7 cm³/mol. The Morgan fingerprint density at radius 3 is 1.55 bits per heavy atom. The summed E-state index contributed by atoms with van der Waals surface area (Å²) in [7, 11) is 0. The molecule has 0 saturated carbocycles. The molecule has 0 aliphatic rings. The topological polar surface area (TPSA) is 6.48 Å². The fraction of sp³-hybridized carbons (Fsp3) is 1.00. The molecule has 0 amide bonds. The predicted octanol–water partition coefficient (Wildman–Crippen LogP) is 2.30. The first kappa shape index (κ1) is 10.6. The Kier molecular flexibility index (Phi) is 3.25. The fourth-order valence-electron chi connectivity index (χ4n) is 0.380. The summed E-state index contributed by atoms with van der Waals surface area (Å²) in [6.45, 7) is 3.08. The highest BCUT2D eigenvalue weighted by molar-refractivity contribution is 4.82. The van der Waals surface area contributed by atoms with E-state index in [0.717, 1.165) is 20.8 Å². The molecule has 0 aromatic carbocycles. The zero-order valence-corrected chi connectivity index (χ0v) is 6.48. The van der Waals surface area contributed by atoms with Gasteiger partial charge in [0.1, 0.15) is 0 Å². The summed E-state index contributed by atoms with van der Waals surface area (Å²) in [5, 5.41) is -2.45. The highest BCUT2D eigenvalue weighted by Gasteiger charge is 2.39. The molecule has 0 aromatic rings. The molecular weight excluding hydrogens is 164 g/mol. The van der Waals surface area contributed by atoms with Crippen LogP contribution in [-0.4, -0.2) is 22.3 Å². The van der Waals surface area contributed by atoms with E-state index in [9.17, 15) is 17.9 Å². The molecule has 68 valence electrons. The molecule has 0 saturated heterocycles. The summed E-state index contributed by atoms with van der Waals surface area (Å²) in [6.07, 6.45) is 0. The highest BCUT2D eigenvalue weighted by atomic mass is 19.4. The minimum absolute atomic E-state index is 1.02. The molecule has 0 fully saturated rings. The number of hydrogen-bond donors (Lipinski definition) is 0. The molecule has 0 aliphatic carbocycles. The van der Waals surface area contributed by atoms with Crippen molar-refractivity contribution in [3.63, 3.8) is 0 Å². The lowest BCUT2D eigenvalue weighted by molar-refractivity contribution is -0.282. The Labute approximate surface area is 62.1 Å². The minimum atomic E-state index is -1.84. The molecule has 2 nitrogen and oxygen atoms in total. The standard InChI is InChI=1S/C5H10F4N2/c1-4(10(6)7)5(2,3)11(8)9/h4H,1-3H3. The van der Waals surface area contributed by atoms with Crippen LogP contribution in [-0.2, 0) is 0 Å². The van der Waals surface area contributed by atoms with E-state index in [1.165, 1.54) is 0 Å². The lowest BCUT2D eigenvalue weighted by Crippen LogP contribution is -2.48. The van der Waals surface area contributed by atoms with Crippen molar-refractivity contribution < 1.29 is 17.9 Å². The van der Waals surface area contributed by atoms with E-state index >= 15 is 0 Å². The highest BCUT2D eigenvalue weighted by Crippen LogP contribution is 2.24. The molecule has 0 heterocycles. The maximum atomic E-state index is 11.9. The molecule has 0 radical (unpaired) electrons. The molecule has 0 aromatic heterocycles. The fourth-order valence-corrected chi connectivity index (χ4v) is 0.380. The van der Waals surface area contributed by atoms with E-state index in [4.69, 9.17) is 0 Å². The second-order valence-electron chi connectivity index (χ2n) is 2.82. The molecule has 0 bridgehead atoms. The summed E-state index contributed by atoms with van der Waals surface area (Å²) in [4.78, 5) is 0. The summed E-state index contributed by atoms with van der Waals surface area (Å²) >= 11 is 0. The first-order valence-corrected chi connectivity index (χ1v) is 3.02. The third-order valence-corrected chi connectivity index (χ3v) is 1.75. The molecule has 11 heavy (non-hydrogen) atoms. The monoisotopic (exact) mass is 174 g/mol. The van der Waals surface area contributed by atoms with E-state index in [1.807, 2.05) is 0 Å². The molecule has 1 atom stereocenters. The van der Waals surface area contributed by atoms with Gasteiger partial charge in [-0.3, -0.25) is 0 Å². The van der Waals surface area contributed by atoms with Gasteiger partial charge in [0, 0.05) is 10.7 Å². The van der Waals surface area contributed by atoms with Gasteiger partial charge in [-0.25, -0.2) is 0 Å². The number of nitrogens with zero attached hydrogens (tertiary/aromatic N) is 2. The van der Waals surface area contributed by atoms with Gasteiger partial charge >= 0.3 is 0 Å². The van der Waals surface area contributed by atoms with E-state index in [2.05, 4.69) is 0 Å². The number of rotatable bonds is 3. The summed E-state index contributed by atoms with van der Waals surface area (Å²) in [5.41, 5.74) is -1.84. The van der Waals surface area contributed by atoms with Gasteiger partial charge < -0.3 is 0 Å². The van der Waals surface area contributed by atoms with Gasteiger partial charge in [-0.2, -0.15) is 0 Å². The molecule has 6 heteroatoms. The average Bonchev–Trinajstić information content (AvgIpc) is 1.85. The smallest absolute Gasteiger partial charge is 0.0988 e. The van der Waals surface area contributed by atoms with Crippen LogP contribution in [0, 0.1) is 0 Å². The van der Waals surface area contributed by atoms with Gasteiger partial charge in [-0.05, 0) is 20.8 Å². The molecule has 0 N–H and O–H groups in total. The van der Waals surface area contributed by atoms with Crippen LogP contribution >= 0.6 is 0 Å². The van der Waals surface area contributed by atoms with Crippen molar-refractivity contribution in [3.8, 4) is 0 Å². The Balaban J connectivity index is 4.29.